The molecule has 0 spiro atoms. The molecule has 0 bridgehead atoms. The van der Waals surface area contributed by atoms with E-state index < -0.39 is 11.7 Å². The third kappa shape index (κ3) is 4.34. The Morgan fingerprint density at radius 3 is 2.72 bits per heavy atom. The normalized spacial score (nSPS) is 10.6. The number of benzene rings is 1. The van der Waals surface area contributed by atoms with Gasteiger partial charge in [-0.1, -0.05) is 0 Å². The Balaban J connectivity index is 2.77. The number of rotatable bonds is 2. The highest BCUT2D eigenvalue weighted by molar-refractivity contribution is 5.85. The first kappa shape index (κ1) is 13.8. The van der Waals surface area contributed by atoms with Crippen LogP contribution in [-0.4, -0.2) is 16.8 Å². The smallest absolute Gasteiger partial charge is 0.412 e. The van der Waals surface area contributed by atoms with E-state index in [1.165, 1.54) is 6.07 Å². The molecule has 0 saturated carbocycles. The Morgan fingerprint density at radius 1 is 1.50 bits per heavy atom. The van der Waals surface area contributed by atoms with Gasteiger partial charge in [-0.2, -0.15) is 5.26 Å². The number of aromatic hydroxyl groups is 1. The maximum Gasteiger partial charge on any atom is 0.412 e. The first-order valence-electron chi connectivity index (χ1n) is 5.50. The minimum atomic E-state index is -0.573. The quantitative estimate of drug-likeness (QED) is 0.788. The lowest BCUT2D eigenvalue weighted by Gasteiger charge is -2.19. The Kier molecular flexibility index (Phi) is 4.16. The number of hydrogen-bond acceptors (Lipinski definition) is 4. The van der Waals surface area contributed by atoms with E-state index in [4.69, 9.17) is 10.00 Å². The summed E-state index contributed by atoms with van der Waals surface area (Å²) in [6.07, 6.45) is -0.494. The number of carbonyl (C=O) groups excluding carboxylic acids is 1. The maximum absolute atomic E-state index is 11.5. The molecular weight excluding hydrogens is 232 g/mol. The van der Waals surface area contributed by atoms with E-state index in [0.717, 1.165) is 0 Å². The van der Waals surface area contributed by atoms with E-state index in [9.17, 15) is 9.90 Å². The Hall–Kier alpha value is -2.22. The minimum absolute atomic E-state index is 0.0336. The van der Waals surface area contributed by atoms with E-state index in [2.05, 4.69) is 5.32 Å². The summed E-state index contributed by atoms with van der Waals surface area (Å²) in [7, 11) is 0. The first-order chi connectivity index (χ1) is 8.31. The Bertz CT molecular complexity index is 484. The molecule has 18 heavy (non-hydrogen) atoms. The molecule has 1 rings (SSSR count). The fourth-order valence-electron chi connectivity index (χ4n) is 1.31. The summed E-state index contributed by atoms with van der Waals surface area (Å²) in [6, 6.07) is 6.46. The summed E-state index contributed by atoms with van der Waals surface area (Å²) in [5.74, 6) is 0.0336. The van der Waals surface area contributed by atoms with Crippen LogP contribution in [0, 0.1) is 11.3 Å². The lowest BCUT2D eigenvalue weighted by Crippen LogP contribution is -2.27. The predicted octanol–water partition coefficient (Wildman–Crippen LogP) is 2.81. The van der Waals surface area contributed by atoms with Crippen molar-refractivity contribution in [2.75, 3.05) is 5.32 Å². The fourth-order valence-corrected chi connectivity index (χ4v) is 1.31. The molecule has 1 aromatic rings. The van der Waals surface area contributed by atoms with Gasteiger partial charge in [0.15, 0.2) is 0 Å². The summed E-state index contributed by atoms with van der Waals surface area (Å²) >= 11 is 0. The van der Waals surface area contributed by atoms with Crippen LogP contribution in [-0.2, 0) is 11.2 Å². The van der Waals surface area contributed by atoms with Gasteiger partial charge < -0.3 is 9.84 Å². The number of hydrogen-bond donors (Lipinski definition) is 2. The van der Waals surface area contributed by atoms with Crippen molar-refractivity contribution in [2.45, 2.75) is 32.8 Å². The van der Waals surface area contributed by atoms with Crippen molar-refractivity contribution in [1.82, 2.24) is 0 Å². The van der Waals surface area contributed by atoms with Crippen LogP contribution in [0.1, 0.15) is 26.3 Å². The van der Waals surface area contributed by atoms with E-state index in [0.29, 0.717) is 11.3 Å². The summed E-state index contributed by atoms with van der Waals surface area (Å²) in [5, 5.41) is 20.6. The third-order valence-corrected chi connectivity index (χ3v) is 1.99. The molecule has 0 saturated heterocycles. The second-order valence-electron chi connectivity index (χ2n) is 4.81. The van der Waals surface area contributed by atoms with Crippen LogP contribution < -0.4 is 5.32 Å². The lowest BCUT2D eigenvalue weighted by molar-refractivity contribution is 0.0636. The Morgan fingerprint density at radius 2 is 2.17 bits per heavy atom. The van der Waals surface area contributed by atoms with Crippen LogP contribution in [0.4, 0.5) is 10.5 Å². The summed E-state index contributed by atoms with van der Waals surface area (Å²) in [4.78, 5) is 11.5. The molecular formula is C13H16N2O3. The van der Waals surface area contributed by atoms with Gasteiger partial charge in [0.1, 0.15) is 11.4 Å². The largest absolute Gasteiger partial charge is 0.508 e. The number of nitrogens with one attached hydrogen (secondary N) is 1. The first-order valence-corrected chi connectivity index (χ1v) is 5.50. The maximum atomic E-state index is 11.5. The number of carbonyl (C=O) groups is 1. The molecule has 5 heteroatoms. The van der Waals surface area contributed by atoms with Crippen molar-refractivity contribution in [3.63, 3.8) is 0 Å². The highest BCUT2D eigenvalue weighted by Crippen LogP contribution is 2.22. The molecule has 0 heterocycles. The van der Waals surface area contributed by atoms with Crippen LogP contribution in [0.3, 0.4) is 0 Å². The van der Waals surface area contributed by atoms with Crippen LogP contribution in [0.25, 0.3) is 0 Å². The average Bonchev–Trinajstić information content (AvgIpc) is 2.20. The van der Waals surface area contributed by atoms with E-state index in [-0.39, 0.29) is 12.2 Å². The molecule has 0 unspecified atom stereocenters. The number of ether oxygens (including phenoxy) is 1. The van der Waals surface area contributed by atoms with Gasteiger partial charge in [-0.05, 0) is 39.0 Å². The monoisotopic (exact) mass is 248 g/mol. The van der Waals surface area contributed by atoms with E-state index in [1.807, 2.05) is 6.07 Å². The number of phenols is 1. The van der Waals surface area contributed by atoms with Gasteiger partial charge >= 0.3 is 6.09 Å². The summed E-state index contributed by atoms with van der Waals surface area (Å²) in [6.45, 7) is 5.31. The van der Waals surface area contributed by atoms with Gasteiger partial charge in [0, 0.05) is 11.3 Å². The molecule has 0 aliphatic rings. The molecule has 0 atom stereocenters. The molecule has 0 radical (unpaired) electrons. The molecule has 5 nitrogen and oxygen atoms in total. The van der Waals surface area contributed by atoms with Crippen molar-refractivity contribution in [3.8, 4) is 11.8 Å². The van der Waals surface area contributed by atoms with Gasteiger partial charge in [0.25, 0.3) is 0 Å². The van der Waals surface area contributed by atoms with Crippen LogP contribution in [0.15, 0.2) is 18.2 Å². The number of phenolic OH excluding ortho intramolecular Hbond substituents is 1. The number of nitrogens with zero attached hydrogens (tertiary/aromatic N) is 1. The van der Waals surface area contributed by atoms with Crippen molar-refractivity contribution >= 4 is 11.8 Å². The third-order valence-electron chi connectivity index (χ3n) is 1.99. The topological polar surface area (TPSA) is 82.3 Å². The zero-order chi connectivity index (χ0) is 13.8. The molecule has 0 aliphatic heterocycles. The minimum Gasteiger partial charge on any atom is -0.508 e. The zero-order valence-electron chi connectivity index (χ0n) is 10.7. The second kappa shape index (κ2) is 5.41. The van der Waals surface area contributed by atoms with Gasteiger partial charge in [-0.25, -0.2) is 4.79 Å². The average molecular weight is 248 g/mol. The van der Waals surface area contributed by atoms with Gasteiger partial charge in [0.05, 0.1) is 12.5 Å². The Labute approximate surface area is 106 Å². The van der Waals surface area contributed by atoms with Gasteiger partial charge in [-0.15, -0.1) is 0 Å². The number of nitriles is 1. The predicted molar refractivity (Wildman–Crippen MR) is 67.3 cm³/mol. The standard InChI is InChI=1S/C13H16N2O3/c1-13(2,3)18-12(17)15-10-4-5-11(16)9(8-10)6-7-14/h4-5,8,16H,6H2,1-3H3,(H,15,17). The van der Waals surface area contributed by atoms with Crippen molar-refractivity contribution in [3.05, 3.63) is 23.8 Å². The number of amides is 1. The molecule has 0 fully saturated rings. The van der Waals surface area contributed by atoms with Gasteiger partial charge in [0.2, 0.25) is 0 Å². The second-order valence-corrected chi connectivity index (χ2v) is 4.81. The fraction of sp³-hybridized carbons (Fsp3) is 0.385. The van der Waals surface area contributed by atoms with Crippen LogP contribution in [0.5, 0.6) is 5.75 Å². The van der Waals surface area contributed by atoms with Crippen molar-refractivity contribution in [1.29, 1.82) is 5.26 Å². The molecule has 0 aromatic heterocycles. The van der Waals surface area contributed by atoms with Crippen LogP contribution >= 0.6 is 0 Å². The molecule has 1 aromatic carbocycles. The molecule has 1 amide bonds. The highest BCUT2D eigenvalue weighted by atomic mass is 16.6. The molecule has 96 valence electrons. The van der Waals surface area contributed by atoms with Crippen LogP contribution in [0.2, 0.25) is 0 Å². The van der Waals surface area contributed by atoms with E-state index in [1.54, 1.807) is 32.9 Å². The SMILES string of the molecule is CC(C)(C)OC(=O)Nc1ccc(O)c(CC#N)c1. The number of anilines is 1. The van der Waals surface area contributed by atoms with E-state index >= 15 is 0 Å². The molecule has 0 aliphatic carbocycles. The van der Waals surface area contributed by atoms with Gasteiger partial charge in [-0.3, -0.25) is 5.32 Å². The summed E-state index contributed by atoms with van der Waals surface area (Å²) < 4.78 is 5.09. The highest BCUT2D eigenvalue weighted by Gasteiger charge is 2.16. The lowest BCUT2D eigenvalue weighted by atomic mass is 10.1. The summed E-state index contributed by atoms with van der Waals surface area (Å²) in [5.41, 5.74) is 0.370. The zero-order valence-corrected chi connectivity index (χ0v) is 10.7. The van der Waals surface area contributed by atoms with Crippen molar-refractivity contribution in [2.24, 2.45) is 0 Å². The van der Waals surface area contributed by atoms with Crippen molar-refractivity contribution < 1.29 is 14.6 Å². The molecule has 2 N–H and O–H groups in total.